The first-order valence-electron chi connectivity index (χ1n) is 11.6. The maximum atomic E-state index is 13.9. The third kappa shape index (κ3) is 6.46. The summed E-state index contributed by atoms with van der Waals surface area (Å²) in [6.45, 7) is 8.37. The summed E-state index contributed by atoms with van der Waals surface area (Å²) in [7, 11) is 3.38. The summed E-state index contributed by atoms with van der Waals surface area (Å²) in [5.41, 5.74) is 0.845. The minimum absolute atomic E-state index is 0.0247. The number of anilines is 2. The number of ether oxygens (including phenoxy) is 1. The van der Waals surface area contributed by atoms with Gasteiger partial charge in [0.25, 0.3) is 5.91 Å². The predicted octanol–water partition coefficient (Wildman–Crippen LogP) is 4.62. The highest BCUT2D eigenvalue weighted by molar-refractivity contribution is 6.30. The second-order valence-electron chi connectivity index (χ2n) is 9.88. The minimum Gasteiger partial charge on any atom is -0.368 e. The van der Waals surface area contributed by atoms with E-state index in [1.54, 1.807) is 25.1 Å². The van der Waals surface area contributed by atoms with Crippen LogP contribution in [0.4, 0.5) is 15.9 Å². The lowest BCUT2D eigenvalue weighted by atomic mass is 9.88. The number of rotatable bonds is 7. The van der Waals surface area contributed by atoms with Gasteiger partial charge >= 0.3 is 0 Å². The van der Waals surface area contributed by atoms with Gasteiger partial charge in [0, 0.05) is 31.9 Å². The molecule has 0 saturated carbocycles. The molecule has 35 heavy (non-hydrogen) atoms. The van der Waals surface area contributed by atoms with Crippen molar-refractivity contribution in [1.82, 2.24) is 19.8 Å². The molecule has 2 amide bonds. The maximum absolute atomic E-state index is 13.9. The average Bonchev–Trinajstić information content (AvgIpc) is 2.79. The molecule has 3 rings (SSSR count). The first-order valence-corrected chi connectivity index (χ1v) is 12.0. The maximum Gasteiger partial charge on any atom is 0.274 e. The Hall–Kier alpha value is -2.78. The van der Waals surface area contributed by atoms with Crippen LogP contribution in [0.25, 0.3) is 0 Å². The van der Waals surface area contributed by atoms with Crippen molar-refractivity contribution in [3.63, 3.8) is 0 Å². The second kappa shape index (κ2) is 10.9. The Bertz CT molecular complexity index is 1090. The topological polar surface area (TPSA) is 87.7 Å². The number of likely N-dealkylation sites (N-methyl/N-ethyl adjacent to an activating group) is 1. The molecule has 1 atom stereocenters. The van der Waals surface area contributed by atoms with Crippen LogP contribution in [0.5, 0.6) is 0 Å². The molecule has 0 spiro atoms. The summed E-state index contributed by atoms with van der Waals surface area (Å²) in [5.74, 6) is -0.418. The molecule has 8 nitrogen and oxygen atoms in total. The van der Waals surface area contributed by atoms with Crippen molar-refractivity contribution in [2.75, 3.05) is 32.6 Å². The summed E-state index contributed by atoms with van der Waals surface area (Å²) in [5, 5.41) is 3.11. The molecule has 1 aromatic heterocycles. The first-order chi connectivity index (χ1) is 16.4. The fraction of sp³-hybridized carbons (Fsp3) is 0.520. The SMILES string of the molecule is CC(C)c1nc(C(=O)N2CCC(OCC(=O)N(C)C)CC2(C)C)cnc1Nc1ccc(Cl)c(F)c1. The molecule has 10 heteroatoms. The van der Waals surface area contributed by atoms with Crippen LogP contribution in [-0.4, -0.2) is 70.5 Å². The quantitative estimate of drug-likeness (QED) is 0.590. The fourth-order valence-corrected chi connectivity index (χ4v) is 4.15. The van der Waals surface area contributed by atoms with Gasteiger partial charge < -0.3 is 19.9 Å². The number of hydrogen-bond donors (Lipinski definition) is 1. The third-order valence-electron chi connectivity index (χ3n) is 6.07. The van der Waals surface area contributed by atoms with Crippen LogP contribution >= 0.6 is 11.6 Å². The third-order valence-corrected chi connectivity index (χ3v) is 6.37. The van der Waals surface area contributed by atoms with E-state index in [1.165, 1.54) is 23.2 Å². The molecule has 2 aromatic rings. The molecule has 1 fully saturated rings. The normalized spacial score (nSPS) is 17.4. The number of aromatic nitrogens is 2. The van der Waals surface area contributed by atoms with E-state index in [-0.39, 0.29) is 41.2 Å². The fourth-order valence-electron chi connectivity index (χ4n) is 4.04. The number of amides is 2. The van der Waals surface area contributed by atoms with Gasteiger partial charge in [-0.3, -0.25) is 9.59 Å². The van der Waals surface area contributed by atoms with Crippen LogP contribution in [0.15, 0.2) is 24.4 Å². The molecule has 1 aromatic carbocycles. The highest BCUT2D eigenvalue weighted by atomic mass is 35.5. The van der Waals surface area contributed by atoms with E-state index in [4.69, 9.17) is 16.3 Å². The Labute approximate surface area is 210 Å². The summed E-state index contributed by atoms with van der Waals surface area (Å²) in [6.07, 6.45) is 2.56. The van der Waals surface area contributed by atoms with Crippen molar-refractivity contribution in [2.45, 2.75) is 58.1 Å². The molecular weight excluding hydrogens is 473 g/mol. The van der Waals surface area contributed by atoms with Crippen molar-refractivity contribution >= 4 is 34.9 Å². The summed E-state index contributed by atoms with van der Waals surface area (Å²) in [4.78, 5) is 37.7. The van der Waals surface area contributed by atoms with Gasteiger partial charge in [-0.15, -0.1) is 0 Å². The van der Waals surface area contributed by atoms with Gasteiger partial charge in [-0.25, -0.2) is 14.4 Å². The zero-order valence-corrected chi connectivity index (χ0v) is 21.8. The molecule has 1 aliphatic heterocycles. The molecule has 1 N–H and O–H groups in total. The molecule has 0 radical (unpaired) electrons. The molecular formula is C25H33ClFN5O3. The number of carbonyl (C=O) groups excluding carboxylic acids is 2. The summed E-state index contributed by atoms with van der Waals surface area (Å²) >= 11 is 5.77. The number of halogens is 2. The van der Waals surface area contributed by atoms with Crippen LogP contribution in [0.2, 0.25) is 5.02 Å². The van der Waals surface area contributed by atoms with E-state index < -0.39 is 11.4 Å². The zero-order chi connectivity index (χ0) is 25.9. The van der Waals surface area contributed by atoms with Gasteiger partial charge in [-0.05, 0) is 50.8 Å². The van der Waals surface area contributed by atoms with Gasteiger partial charge in [0.2, 0.25) is 5.91 Å². The van der Waals surface area contributed by atoms with Crippen LogP contribution < -0.4 is 5.32 Å². The van der Waals surface area contributed by atoms with Gasteiger partial charge in [0.1, 0.15) is 18.1 Å². The van der Waals surface area contributed by atoms with Crippen molar-refractivity contribution in [3.8, 4) is 0 Å². The number of hydrogen-bond acceptors (Lipinski definition) is 6. The Kier molecular flexibility index (Phi) is 8.33. The number of nitrogens with one attached hydrogen (secondary N) is 1. The largest absolute Gasteiger partial charge is 0.368 e. The van der Waals surface area contributed by atoms with Gasteiger partial charge in [0.15, 0.2) is 5.82 Å². The lowest BCUT2D eigenvalue weighted by Gasteiger charge is -2.45. The van der Waals surface area contributed by atoms with E-state index in [0.29, 0.717) is 36.6 Å². The smallest absolute Gasteiger partial charge is 0.274 e. The van der Waals surface area contributed by atoms with Crippen molar-refractivity contribution in [3.05, 3.63) is 46.6 Å². The van der Waals surface area contributed by atoms with E-state index in [0.717, 1.165) is 0 Å². The Morgan fingerprint density at radius 2 is 2.06 bits per heavy atom. The number of piperidine rings is 1. The average molecular weight is 506 g/mol. The van der Waals surface area contributed by atoms with Crippen LogP contribution in [0.1, 0.15) is 62.6 Å². The second-order valence-corrected chi connectivity index (χ2v) is 10.3. The monoisotopic (exact) mass is 505 g/mol. The Balaban J connectivity index is 1.75. The lowest BCUT2D eigenvalue weighted by molar-refractivity contribution is -0.137. The van der Waals surface area contributed by atoms with E-state index in [2.05, 4.69) is 15.3 Å². The molecule has 190 valence electrons. The number of benzene rings is 1. The summed E-state index contributed by atoms with van der Waals surface area (Å²) in [6, 6.07) is 4.40. The summed E-state index contributed by atoms with van der Waals surface area (Å²) < 4.78 is 19.7. The van der Waals surface area contributed by atoms with Crippen molar-refractivity contribution < 1.29 is 18.7 Å². The lowest BCUT2D eigenvalue weighted by Crippen LogP contribution is -2.55. The van der Waals surface area contributed by atoms with Gasteiger partial charge in [-0.1, -0.05) is 25.4 Å². The van der Waals surface area contributed by atoms with Crippen LogP contribution in [0, 0.1) is 5.82 Å². The number of likely N-dealkylation sites (tertiary alicyclic amines) is 1. The number of carbonyl (C=O) groups is 2. The standard InChI is InChI=1S/C25H33ClFN5O3/c1-15(2)22-23(29-16-7-8-18(26)19(27)11-16)28-13-20(30-22)24(34)32-10-9-17(12-25(32,3)4)35-14-21(33)31(5)6/h7-8,11,13,15,17H,9-10,12,14H2,1-6H3,(H,28,29). The molecule has 1 unspecified atom stereocenters. The Morgan fingerprint density at radius 3 is 2.66 bits per heavy atom. The van der Waals surface area contributed by atoms with E-state index in [9.17, 15) is 14.0 Å². The minimum atomic E-state index is -0.539. The first kappa shape index (κ1) is 26.8. The van der Waals surface area contributed by atoms with Crippen LogP contribution in [0.3, 0.4) is 0 Å². The molecule has 1 saturated heterocycles. The van der Waals surface area contributed by atoms with Gasteiger partial charge in [-0.2, -0.15) is 0 Å². The highest BCUT2D eigenvalue weighted by Crippen LogP contribution is 2.32. The van der Waals surface area contributed by atoms with Crippen molar-refractivity contribution in [1.29, 1.82) is 0 Å². The molecule has 1 aliphatic rings. The van der Waals surface area contributed by atoms with E-state index in [1.807, 2.05) is 27.7 Å². The van der Waals surface area contributed by atoms with E-state index >= 15 is 0 Å². The predicted molar refractivity (Wildman–Crippen MR) is 134 cm³/mol. The molecule has 0 aliphatic carbocycles. The highest BCUT2D eigenvalue weighted by Gasteiger charge is 2.39. The zero-order valence-electron chi connectivity index (χ0n) is 21.1. The molecule has 0 bridgehead atoms. The Morgan fingerprint density at radius 1 is 1.34 bits per heavy atom. The van der Waals surface area contributed by atoms with Crippen molar-refractivity contribution in [2.24, 2.45) is 0 Å². The van der Waals surface area contributed by atoms with Crippen LogP contribution in [-0.2, 0) is 9.53 Å². The molecule has 2 heterocycles. The number of nitrogens with zero attached hydrogens (tertiary/aromatic N) is 4. The van der Waals surface area contributed by atoms with Gasteiger partial charge in [0.05, 0.1) is 23.0 Å².